The third kappa shape index (κ3) is 4.23. The van der Waals surface area contributed by atoms with E-state index in [0.717, 1.165) is 16.7 Å². The van der Waals surface area contributed by atoms with Gasteiger partial charge in [0.15, 0.2) is 0 Å². The Kier molecular flexibility index (Phi) is 5.74. The highest BCUT2D eigenvalue weighted by molar-refractivity contribution is 5.88. The first-order valence-electron chi connectivity index (χ1n) is 10.8. The van der Waals surface area contributed by atoms with Crippen LogP contribution in [-0.4, -0.2) is 33.7 Å². The number of benzene rings is 2. The molecule has 0 spiro atoms. The number of nitrogens with one attached hydrogen (secondary N) is 1. The van der Waals surface area contributed by atoms with Crippen molar-refractivity contribution in [3.8, 4) is 22.5 Å². The smallest absolute Gasteiger partial charge is 0.407 e. The van der Waals surface area contributed by atoms with Gasteiger partial charge >= 0.3 is 12.1 Å². The Hall–Kier alpha value is -4.52. The number of aromatic nitrogens is 2. The number of carboxylic acid groups (broad SMARTS) is 1. The minimum atomic E-state index is -1.03. The normalized spacial score (nSPS) is 12.0. The van der Waals surface area contributed by atoms with Gasteiger partial charge < -0.3 is 15.2 Å². The Balaban J connectivity index is 1.23. The SMILES string of the molecule is O=C(NCc1ccnc(-c2cc(C(=O)O)ccn2)c1)OCC1c2ccccc2-c2ccccc21. The largest absolute Gasteiger partial charge is 0.478 e. The average molecular weight is 451 g/mol. The van der Waals surface area contributed by atoms with Crippen molar-refractivity contribution < 1.29 is 19.4 Å². The molecule has 4 aromatic rings. The first-order valence-corrected chi connectivity index (χ1v) is 10.8. The van der Waals surface area contributed by atoms with Crippen LogP contribution in [-0.2, 0) is 11.3 Å². The molecule has 0 atom stereocenters. The lowest BCUT2D eigenvalue weighted by atomic mass is 9.98. The maximum atomic E-state index is 12.4. The summed E-state index contributed by atoms with van der Waals surface area (Å²) in [5, 5.41) is 12.0. The lowest BCUT2D eigenvalue weighted by molar-refractivity contribution is 0.0696. The van der Waals surface area contributed by atoms with E-state index >= 15 is 0 Å². The fourth-order valence-corrected chi connectivity index (χ4v) is 4.25. The molecule has 1 aliphatic carbocycles. The highest BCUT2D eigenvalue weighted by atomic mass is 16.5. The maximum Gasteiger partial charge on any atom is 0.407 e. The number of carbonyl (C=O) groups is 2. The summed E-state index contributed by atoms with van der Waals surface area (Å²) < 4.78 is 5.58. The summed E-state index contributed by atoms with van der Waals surface area (Å²) in [5.41, 5.74) is 6.57. The third-order valence-corrected chi connectivity index (χ3v) is 5.87. The average Bonchev–Trinajstić information content (AvgIpc) is 3.20. The van der Waals surface area contributed by atoms with Gasteiger partial charge in [0, 0.05) is 24.9 Å². The van der Waals surface area contributed by atoms with Crippen LogP contribution in [0.5, 0.6) is 0 Å². The number of carboxylic acids is 1. The number of carbonyl (C=O) groups excluding carboxylic acids is 1. The Morgan fingerprint density at radius 1 is 0.853 bits per heavy atom. The molecule has 2 aromatic heterocycles. The molecule has 1 amide bonds. The van der Waals surface area contributed by atoms with E-state index in [1.54, 1.807) is 18.3 Å². The number of amides is 1. The van der Waals surface area contributed by atoms with E-state index < -0.39 is 12.1 Å². The van der Waals surface area contributed by atoms with Gasteiger partial charge in [-0.25, -0.2) is 9.59 Å². The van der Waals surface area contributed by atoms with Crippen LogP contribution in [0.15, 0.2) is 85.2 Å². The minimum absolute atomic E-state index is 0.00161. The van der Waals surface area contributed by atoms with Crippen molar-refractivity contribution in [2.75, 3.05) is 6.61 Å². The van der Waals surface area contributed by atoms with E-state index in [2.05, 4.69) is 39.6 Å². The highest BCUT2D eigenvalue weighted by Crippen LogP contribution is 2.44. The van der Waals surface area contributed by atoms with Crippen LogP contribution in [0.1, 0.15) is 33.0 Å². The van der Waals surface area contributed by atoms with E-state index in [9.17, 15) is 14.7 Å². The predicted octanol–water partition coefficient (Wildman–Crippen LogP) is 4.88. The Bertz CT molecular complexity index is 1340. The minimum Gasteiger partial charge on any atom is -0.478 e. The second-order valence-electron chi connectivity index (χ2n) is 7.96. The molecule has 0 unspecified atom stereocenters. The highest BCUT2D eigenvalue weighted by Gasteiger charge is 2.28. The van der Waals surface area contributed by atoms with Crippen LogP contribution >= 0.6 is 0 Å². The molecule has 34 heavy (non-hydrogen) atoms. The van der Waals surface area contributed by atoms with E-state index in [0.29, 0.717) is 11.4 Å². The van der Waals surface area contributed by atoms with Crippen molar-refractivity contribution in [2.24, 2.45) is 0 Å². The Labute approximate surface area is 196 Å². The maximum absolute atomic E-state index is 12.4. The Morgan fingerprint density at radius 3 is 2.15 bits per heavy atom. The first-order chi connectivity index (χ1) is 16.6. The number of hydrogen-bond acceptors (Lipinski definition) is 5. The van der Waals surface area contributed by atoms with Gasteiger partial charge in [-0.1, -0.05) is 48.5 Å². The van der Waals surface area contributed by atoms with Crippen molar-refractivity contribution in [3.63, 3.8) is 0 Å². The van der Waals surface area contributed by atoms with E-state index in [-0.39, 0.29) is 24.6 Å². The summed E-state index contributed by atoms with van der Waals surface area (Å²) in [6.45, 7) is 0.484. The van der Waals surface area contributed by atoms with Gasteiger partial charge in [-0.05, 0) is 52.1 Å². The van der Waals surface area contributed by atoms with Crippen molar-refractivity contribution >= 4 is 12.1 Å². The van der Waals surface area contributed by atoms with Crippen LogP contribution in [0.3, 0.4) is 0 Å². The molecule has 0 radical (unpaired) electrons. The molecule has 2 aromatic carbocycles. The quantitative estimate of drug-likeness (QED) is 0.433. The summed E-state index contributed by atoms with van der Waals surface area (Å²) in [6, 6.07) is 22.8. The first kappa shape index (κ1) is 21.3. The zero-order valence-corrected chi connectivity index (χ0v) is 18.1. The van der Waals surface area contributed by atoms with Crippen LogP contribution in [0.2, 0.25) is 0 Å². The number of ether oxygens (including phenoxy) is 1. The third-order valence-electron chi connectivity index (χ3n) is 5.87. The number of nitrogens with zero attached hydrogens (tertiary/aromatic N) is 2. The lowest BCUT2D eigenvalue weighted by Gasteiger charge is -2.14. The number of aromatic carboxylic acids is 1. The van der Waals surface area contributed by atoms with Crippen molar-refractivity contribution in [2.45, 2.75) is 12.5 Å². The zero-order chi connectivity index (χ0) is 23.5. The topological polar surface area (TPSA) is 101 Å². The van der Waals surface area contributed by atoms with Gasteiger partial charge in [0.1, 0.15) is 6.61 Å². The summed E-state index contributed by atoms with van der Waals surface area (Å²) in [7, 11) is 0. The summed E-state index contributed by atoms with van der Waals surface area (Å²) in [4.78, 5) is 32.1. The second kappa shape index (κ2) is 9.15. The van der Waals surface area contributed by atoms with E-state index in [1.165, 1.54) is 29.5 Å². The summed E-state index contributed by atoms with van der Waals surface area (Å²) in [6.07, 6.45) is 2.52. The molecule has 7 nitrogen and oxygen atoms in total. The van der Waals surface area contributed by atoms with Crippen LogP contribution in [0, 0.1) is 0 Å². The van der Waals surface area contributed by atoms with Crippen molar-refractivity contribution in [3.05, 3.63) is 107 Å². The molecule has 7 heteroatoms. The zero-order valence-electron chi connectivity index (χ0n) is 18.1. The molecule has 0 bridgehead atoms. The monoisotopic (exact) mass is 451 g/mol. The van der Waals surface area contributed by atoms with Gasteiger partial charge in [0.2, 0.25) is 0 Å². The summed E-state index contributed by atoms with van der Waals surface area (Å²) >= 11 is 0. The number of fused-ring (bicyclic) bond motifs is 3. The molecule has 0 aliphatic heterocycles. The molecule has 5 rings (SSSR count). The number of alkyl carbamates (subject to hydrolysis) is 1. The molecular weight excluding hydrogens is 430 g/mol. The Morgan fingerprint density at radius 2 is 1.47 bits per heavy atom. The van der Waals surface area contributed by atoms with Gasteiger partial charge in [0.25, 0.3) is 0 Å². The number of pyridine rings is 2. The molecule has 0 saturated heterocycles. The van der Waals surface area contributed by atoms with Crippen LogP contribution < -0.4 is 5.32 Å². The molecule has 168 valence electrons. The lowest BCUT2D eigenvalue weighted by Crippen LogP contribution is -2.25. The number of rotatable bonds is 6. The standard InChI is InChI=1S/C27H21N3O4/c31-26(32)18-10-12-29-25(14-18)24-13-17(9-11-28-24)15-30-27(33)34-16-23-21-7-3-1-5-19(21)20-6-2-4-8-22(20)23/h1-14,23H,15-16H2,(H,30,33)(H,31,32). The van der Waals surface area contributed by atoms with Crippen LogP contribution in [0.4, 0.5) is 4.79 Å². The molecule has 1 aliphatic rings. The van der Waals surface area contributed by atoms with Gasteiger partial charge in [0.05, 0.1) is 17.0 Å². The predicted molar refractivity (Wildman–Crippen MR) is 126 cm³/mol. The molecule has 0 fully saturated rings. The second-order valence-corrected chi connectivity index (χ2v) is 7.96. The van der Waals surface area contributed by atoms with Crippen molar-refractivity contribution in [1.82, 2.24) is 15.3 Å². The molecule has 2 N–H and O–H groups in total. The molecule has 0 saturated carbocycles. The van der Waals surface area contributed by atoms with Gasteiger partial charge in [-0.15, -0.1) is 0 Å². The van der Waals surface area contributed by atoms with Gasteiger partial charge in [-0.2, -0.15) is 0 Å². The van der Waals surface area contributed by atoms with Crippen LogP contribution in [0.25, 0.3) is 22.5 Å². The van der Waals surface area contributed by atoms with Crippen molar-refractivity contribution in [1.29, 1.82) is 0 Å². The molecular formula is C27H21N3O4. The van der Waals surface area contributed by atoms with E-state index in [4.69, 9.17) is 4.74 Å². The fraction of sp³-hybridized carbons (Fsp3) is 0.111. The molecule has 2 heterocycles. The van der Waals surface area contributed by atoms with E-state index in [1.807, 2.05) is 24.3 Å². The summed E-state index contributed by atoms with van der Waals surface area (Å²) in [5.74, 6) is -1.03. The van der Waals surface area contributed by atoms with Gasteiger partial charge in [-0.3, -0.25) is 9.97 Å². The number of hydrogen-bond donors (Lipinski definition) is 2. The fourth-order valence-electron chi connectivity index (χ4n) is 4.25.